The summed E-state index contributed by atoms with van der Waals surface area (Å²) in [6.07, 6.45) is -2.63. The monoisotopic (exact) mass is 280 g/mol. The third-order valence-electron chi connectivity index (χ3n) is 1.51. The molecule has 0 aliphatic carbocycles. The molecule has 0 aliphatic heterocycles. The number of nitriles is 1. The predicted octanol–water partition coefficient (Wildman–Crippen LogP) is 3.50. The zero-order valence-corrected chi connectivity index (χ0v) is 9.11. The summed E-state index contributed by atoms with van der Waals surface area (Å²) in [7, 11) is 0. The molecule has 0 saturated carbocycles. The second-order valence-corrected chi connectivity index (χ2v) is 3.64. The Morgan fingerprint density at radius 3 is 2.79 bits per heavy atom. The van der Waals surface area contributed by atoms with E-state index in [1.807, 2.05) is 6.07 Å². The molecule has 1 heterocycles. The molecule has 0 aromatic carbocycles. The lowest BCUT2D eigenvalue weighted by Crippen LogP contribution is -1.96. The van der Waals surface area contributed by atoms with Crippen molar-refractivity contribution in [2.24, 2.45) is 0 Å². The highest BCUT2D eigenvalue weighted by atomic mass is 79.9. The summed E-state index contributed by atoms with van der Waals surface area (Å²) < 4.78 is 25.0. The van der Waals surface area contributed by atoms with Crippen molar-refractivity contribution in [2.75, 3.05) is 0 Å². The fourth-order valence-electron chi connectivity index (χ4n) is 0.868. The summed E-state index contributed by atoms with van der Waals surface area (Å²) in [5.74, 6) is 0. The van der Waals surface area contributed by atoms with E-state index in [4.69, 9.17) is 16.9 Å². The normalized spacial score (nSPS) is 10.3. The van der Waals surface area contributed by atoms with E-state index < -0.39 is 6.43 Å². The highest BCUT2D eigenvalue weighted by Crippen LogP contribution is 2.29. The Morgan fingerprint density at radius 2 is 2.29 bits per heavy atom. The van der Waals surface area contributed by atoms with Crippen molar-refractivity contribution in [1.82, 2.24) is 4.98 Å². The van der Waals surface area contributed by atoms with Crippen LogP contribution in [0.4, 0.5) is 8.78 Å². The lowest BCUT2D eigenvalue weighted by Gasteiger charge is -2.05. The summed E-state index contributed by atoms with van der Waals surface area (Å²) in [4.78, 5) is 3.70. The first kappa shape index (κ1) is 11.3. The molecule has 0 unspecified atom stereocenters. The third-order valence-corrected chi connectivity index (χ3v) is 2.50. The SMILES string of the molecule is N#CCc1nc(Cl)c(C(F)F)cc1Br. The minimum atomic E-state index is -2.66. The maximum atomic E-state index is 12.3. The second kappa shape index (κ2) is 4.67. The van der Waals surface area contributed by atoms with Crippen molar-refractivity contribution in [3.8, 4) is 6.07 Å². The average molecular weight is 281 g/mol. The minimum absolute atomic E-state index is 0.0316. The highest BCUT2D eigenvalue weighted by Gasteiger charge is 2.15. The van der Waals surface area contributed by atoms with E-state index in [0.717, 1.165) is 0 Å². The Morgan fingerprint density at radius 1 is 1.64 bits per heavy atom. The van der Waals surface area contributed by atoms with Crippen LogP contribution in [0.5, 0.6) is 0 Å². The lowest BCUT2D eigenvalue weighted by molar-refractivity contribution is 0.151. The number of pyridine rings is 1. The largest absolute Gasteiger partial charge is 0.266 e. The van der Waals surface area contributed by atoms with Gasteiger partial charge in [-0.2, -0.15) is 5.26 Å². The molecule has 0 N–H and O–H groups in total. The first-order valence-electron chi connectivity index (χ1n) is 3.56. The van der Waals surface area contributed by atoms with Crippen LogP contribution in [0.2, 0.25) is 5.15 Å². The molecule has 0 spiro atoms. The van der Waals surface area contributed by atoms with Gasteiger partial charge in [0.2, 0.25) is 0 Å². The molecule has 74 valence electrons. The van der Waals surface area contributed by atoms with Crippen molar-refractivity contribution < 1.29 is 8.78 Å². The summed E-state index contributed by atoms with van der Waals surface area (Å²) >= 11 is 8.56. The standard InChI is InChI=1S/C8H4BrClF2N2/c9-5-3-4(8(11)12)7(10)14-6(5)1-2-13/h3,8H,1H2. The van der Waals surface area contributed by atoms with Crippen LogP contribution in [0.25, 0.3) is 0 Å². The minimum Gasteiger partial charge on any atom is -0.238 e. The van der Waals surface area contributed by atoms with Crippen LogP contribution in [0.15, 0.2) is 10.5 Å². The highest BCUT2D eigenvalue weighted by molar-refractivity contribution is 9.10. The van der Waals surface area contributed by atoms with Gasteiger partial charge in [-0.3, -0.25) is 0 Å². The Labute approximate surface area is 92.6 Å². The number of rotatable bonds is 2. The average Bonchev–Trinajstić information content (AvgIpc) is 2.10. The van der Waals surface area contributed by atoms with Gasteiger partial charge in [0.15, 0.2) is 0 Å². The number of hydrogen-bond donors (Lipinski definition) is 0. The molecule has 1 aromatic rings. The van der Waals surface area contributed by atoms with Crippen molar-refractivity contribution in [3.05, 3.63) is 26.9 Å². The molecule has 0 radical (unpaired) electrons. The van der Waals surface area contributed by atoms with Gasteiger partial charge < -0.3 is 0 Å². The van der Waals surface area contributed by atoms with E-state index in [1.54, 1.807) is 0 Å². The molecule has 0 atom stereocenters. The molecule has 6 heteroatoms. The fraction of sp³-hybridized carbons (Fsp3) is 0.250. The predicted molar refractivity (Wildman–Crippen MR) is 51.2 cm³/mol. The van der Waals surface area contributed by atoms with Crippen molar-refractivity contribution in [2.45, 2.75) is 12.8 Å². The first-order valence-corrected chi connectivity index (χ1v) is 4.73. The molecule has 0 saturated heterocycles. The van der Waals surface area contributed by atoms with Crippen LogP contribution >= 0.6 is 27.5 Å². The number of nitrogens with zero attached hydrogens (tertiary/aromatic N) is 2. The van der Waals surface area contributed by atoms with E-state index in [9.17, 15) is 8.78 Å². The first-order chi connectivity index (χ1) is 6.56. The molecule has 1 aromatic heterocycles. The van der Waals surface area contributed by atoms with Crippen LogP contribution in [0.1, 0.15) is 17.7 Å². The summed E-state index contributed by atoms with van der Waals surface area (Å²) in [6.45, 7) is 0. The van der Waals surface area contributed by atoms with Gasteiger partial charge in [-0.1, -0.05) is 11.6 Å². The lowest BCUT2D eigenvalue weighted by atomic mass is 10.2. The number of hydrogen-bond acceptors (Lipinski definition) is 2. The topological polar surface area (TPSA) is 36.7 Å². The second-order valence-electron chi connectivity index (χ2n) is 2.43. The Hall–Kier alpha value is -0.730. The quantitative estimate of drug-likeness (QED) is 0.778. The summed E-state index contributed by atoms with van der Waals surface area (Å²) in [5, 5.41) is 8.16. The fourth-order valence-corrected chi connectivity index (χ4v) is 1.58. The van der Waals surface area contributed by atoms with Gasteiger partial charge in [0.05, 0.1) is 23.7 Å². The summed E-state index contributed by atoms with van der Waals surface area (Å²) in [5.41, 5.74) is 0.0298. The Kier molecular flexibility index (Phi) is 3.78. The van der Waals surface area contributed by atoms with E-state index in [0.29, 0.717) is 10.2 Å². The van der Waals surface area contributed by atoms with Gasteiger partial charge in [0, 0.05) is 4.47 Å². The van der Waals surface area contributed by atoms with Crippen molar-refractivity contribution in [3.63, 3.8) is 0 Å². The Bertz CT molecular complexity index is 390. The molecule has 0 fully saturated rings. The smallest absolute Gasteiger partial charge is 0.238 e. The molecular weight excluding hydrogens is 277 g/mol. The molecule has 14 heavy (non-hydrogen) atoms. The molecule has 2 nitrogen and oxygen atoms in total. The Balaban J connectivity index is 3.18. The molecule has 1 rings (SSSR count). The summed E-state index contributed by atoms with van der Waals surface area (Å²) in [6, 6.07) is 3.05. The van der Waals surface area contributed by atoms with Crippen molar-refractivity contribution >= 4 is 27.5 Å². The van der Waals surface area contributed by atoms with Crippen LogP contribution < -0.4 is 0 Å². The molecule has 0 amide bonds. The van der Waals surface area contributed by atoms with E-state index in [-0.39, 0.29) is 17.1 Å². The molecular formula is C8H4BrClF2N2. The molecule has 0 bridgehead atoms. The van der Waals surface area contributed by atoms with Crippen molar-refractivity contribution in [1.29, 1.82) is 5.26 Å². The zero-order chi connectivity index (χ0) is 10.7. The third kappa shape index (κ3) is 2.40. The molecule has 0 aliphatic rings. The van der Waals surface area contributed by atoms with Gasteiger partial charge in [0.25, 0.3) is 6.43 Å². The van der Waals surface area contributed by atoms with Gasteiger partial charge in [-0.25, -0.2) is 13.8 Å². The van der Waals surface area contributed by atoms with Gasteiger partial charge in [0.1, 0.15) is 5.15 Å². The number of alkyl halides is 2. The number of aromatic nitrogens is 1. The van der Waals surface area contributed by atoms with Gasteiger partial charge >= 0.3 is 0 Å². The zero-order valence-electron chi connectivity index (χ0n) is 6.77. The van der Waals surface area contributed by atoms with Crippen LogP contribution in [-0.2, 0) is 6.42 Å². The van der Waals surface area contributed by atoms with Crippen LogP contribution in [0, 0.1) is 11.3 Å². The van der Waals surface area contributed by atoms with Crippen LogP contribution in [-0.4, -0.2) is 4.98 Å². The van der Waals surface area contributed by atoms with Crippen LogP contribution in [0.3, 0.4) is 0 Å². The maximum Gasteiger partial charge on any atom is 0.266 e. The van der Waals surface area contributed by atoms with E-state index >= 15 is 0 Å². The van der Waals surface area contributed by atoms with E-state index in [1.165, 1.54) is 6.07 Å². The van der Waals surface area contributed by atoms with Gasteiger partial charge in [-0.05, 0) is 22.0 Å². The van der Waals surface area contributed by atoms with E-state index in [2.05, 4.69) is 20.9 Å². The number of halogens is 4. The van der Waals surface area contributed by atoms with Gasteiger partial charge in [-0.15, -0.1) is 0 Å². The maximum absolute atomic E-state index is 12.3.